The van der Waals surface area contributed by atoms with Gasteiger partial charge in [-0.15, -0.1) is 0 Å². The molecule has 0 saturated carbocycles. The van der Waals surface area contributed by atoms with Gasteiger partial charge in [0.1, 0.15) is 0 Å². The zero-order valence-electron chi connectivity index (χ0n) is 11.8. The van der Waals surface area contributed by atoms with Crippen LogP contribution in [0.2, 0.25) is 0 Å². The number of aromatic nitrogens is 2. The van der Waals surface area contributed by atoms with Gasteiger partial charge >= 0.3 is 5.88 Å². The van der Waals surface area contributed by atoms with Crippen LogP contribution in [0, 0.1) is 0 Å². The second-order valence-electron chi connectivity index (χ2n) is 4.68. The first-order valence-corrected chi connectivity index (χ1v) is 6.49. The SMILES string of the molecule is CNCc1c(/N=C(\[O-])c2ccccc2)on[n+]1C(C)C. The number of benzene rings is 1. The van der Waals surface area contributed by atoms with Crippen LogP contribution in [-0.4, -0.2) is 18.2 Å². The minimum atomic E-state index is -0.338. The zero-order chi connectivity index (χ0) is 14.5. The van der Waals surface area contributed by atoms with Gasteiger partial charge in [0.2, 0.25) is 5.27 Å². The number of nitrogens with zero attached hydrogens (tertiary/aromatic N) is 3. The molecule has 1 heterocycles. The van der Waals surface area contributed by atoms with Gasteiger partial charge in [0, 0.05) is 13.8 Å². The lowest BCUT2D eigenvalue weighted by Gasteiger charge is -2.08. The van der Waals surface area contributed by atoms with Crippen molar-refractivity contribution in [2.45, 2.75) is 26.4 Å². The van der Waals surface area contributed by atoms with Crippen molar-refractivity contribution in [2.75, 3.05) is 7.05 Å². The third kappa shape index (κ3) is 3.03. The van der Waals surface area contributed by atoms with Crippen LogP contribution >= 0.6 is 0 Å². The summed E-state index contributed by atoms with van der Waals surface area (Å²) in [6.45, 7) is 4.51. The van der Waals surface area contributed by atoms with Crippen LogP contribution in [0.5, 0.6) is 0 Å². The summed E-state index contributed by atoms with van der Waals surface area (Å²) in [5.74, 6) is -0.0862. The quantitative estimate of drug-likeness (QED) is 0.494. The number of rotatable bonds is 5. The van der Waals surface area contributed by atoms with Crippen molar-refractivity contribution >= 4 is 11.8 Å². The van der Waals surface area contributed by atoms with E-state index in [1.54, 1.807) is 28.9 Å². The van der Waals surface area contributed by atoms with E-state index >= 15 is 0 Å². The van der Waals surface area contributed by atoms with Gasteiger partial charge in [-0.05, 0) is 23.2 Å². The Morgan fingerprint density at radius 1 is 1.40 bits per heavy atom. The van der Waals surface area contributed by atoms with Crippen LogP contribution in [0.25, 0.3) is 0 Å². The van der Waals surface area contributed by atoms with Crippen molar-refractivity contribution in [3.05, 3.63) is 41.6 Å². The molecule has 2 rings (SSSR count). The van der Waals surface area contributed by atoms with Crippen molar-refractivity contribution in [1.29, 1.82) is 0 Å². The number of nitrogens with one attached hydrogen (secondary N) is 1. The summed E-state index contributed by atoms with van der Waals surface area (Å²) in [7, 11) is 1.82. The lowest BCUT2D eigenvalue weighted by Crippen LogP contribution is -2.42. The zero-order valence-corrected chi connectivity index (χ0v) is 11.8. The molecule has 6 heteroatoms. The predicted octanol–water partition coefficient (Wildman–Crippen LogP) is 0.701. The maximum absolute atomic E-state index is 12.1. The Balaban J connectivity index is 2.38. The van der Waals surface area contributed by atoms with E-state index in [1.807, 2.05) is 27.0 Å². The summed E-state index contributed by atoms with van der Waals surface area (Å²) in [5, 5.41) is 19.0. The molecule has 0 saturated heterocycles. The van der Waals surface area contributed by atoms with Crippen LogP contribution in [-0.2, 0) is 6.54 Å². The molecule has 0 bridgehead atoms. The molecule has 0 amide bonds. The van der Waals surface area contributed by atoms with E-state index in [1.165, 1.54) is 0 Å². The van der Waals surface area contributed by atoms with Gasteiger partial charge in [-0.1, -0.05) is 30.3 Å². The van der Waals surface area contributed by atoms with Crippen molar-refractivity contribution in [3.63, 3.8) is 0 Å². The van der Waals surface area contributed by atoms with Crippen molar-refractivity contribution in [2.24, 2.45) is 4.99 Å². The largest absolute Gasteiger partial charge is 0.858 e. The molecular formula is C14H18N4O2. The summed E-state index contributed by atoms with van der Waals surface area (Å²) in [5.41, 5.74) is 1.28. The molecule has 20 heavy (non-hydrogen) atoms. The van der Waals surface area contributed by atoms with Crippen LogP contribution in [0.15, 0.2) is 39.8 Å². The molecule has 106 valence electrons. The molecule has 2 aromatic rings. The molecule has 0 aliphatic heterocycles. The molecule has 0 aliphatic rings. The molecule has 0 aliphatic carbocycles. The summed E-state index contributed by atoms with van der Waals surface area (Å²) in [6, 6.07) is 9.02. The standard InChI is InChI=1S/C14H18N4O2/c1-10(2)18-12(9-15-3)14(20-17-18)16-13(19)11-7-5-4-6-8-11/h4-8,10,15H,9H2,1-3H3. The van der Waals surface area contributed by atoms with Crippen molar-refractivity contribution in [3.8, 4) is 0 Å². The highest BCUT2D eigenvalue weighted by atomic mass is 16.5. The monoisotopic (exact) mass is 274 g/mol. The summed E-state index contributed by atoms with van der Waals surface area (Å²) >= 11 is 0. The molecule has 1 N–H and O–H groups in total. The van der Waals surface area contributed by atoms with E-state index in [4.69, 9.17) is 4.52 Å². The highest BCUT2D eigenvalue weighted by molar-refractivity contribution is 5.91. The Bertz CT molecular complexity index is 590. The van der Waals surface area contributed by atoms with E-state index in [0.717, 1.165) is 5.69 Å². The summed E-state index contributed by atoms with van der Waals surface area (Å²) < 4.78 is 6.90. The van der Waals surface area contributed by atoms with Gasteiger partial charge in [-0.25, -0.2) is 4.99 Å². The fraction of sp³-hybridized carbons (Fsp3) is 0.357. The van der Waals surface area contributed by atoms with Gasteiger partial charge in [0.15, 0.2) is 6.04 Å². The average molecular weight is 274 g/mol. The molecule has 0 radical (unpaired) electrons. The van der Waals surface area contributed by atoms with Crippen molar-refractivity contribution < 1.29 is 14.3 Å². The van der Waals surface area contributed by atoms with Crippen LogP contribution in [0.4, 0.5) is 5.88 Å². The van der Waals surface area contributed by atoms with E-state index in [2.05, 4.69) is 15.6 Å². The Morgan fingerprint density at radius 3 is 2.70 bits per heavy atom. The molecular weight excluding hydrogens is 256 g/mol. The molecule has 6 nitrogen and oxygen atoms in total. The average Bonchev–Trinajstić information content (AvgIpc) is 2.83. The minimum Gasteiger partial charge on any atom is -0.858 e. The fourth-order valence-electron chi connectivity index (χ4n) is 1.84. The molecule has 1 aromatic carbocycles. The first-order valence-electron chi connectivity index (χ1n) is 6.49. The van der Waals surface area contributed by atoms with Gasteiger partial charge in [-0.3, -0.25) is 4.52 Å². The van der Waals surface area contributed by atoms with Crippen LogP contribution < -0.4 is 15.1 Å². The van der Waals surface area contributed by atoms with E-state index in [9.17, 15) is 5.11 Å². The fourth-order valence-corrected chi connectivity index (χ4v) is 1.84. The van der Waals surface area contributed by atoms with E-state index < -0.39 is 0 Å². The molecule has 0 fully saturated rings. The Morgan fingerprint density at radius 2 is 2.10 bits per heavy atom. The smallest absolute Gasteiger partial charge is 0.325 e. The lowest BCUT2D eigenvalue weighted by atomic mass is 10.2. The Kier molecular flexibility index (Phi) is 4.47. The Hall–Kier alpha value is -2.21. The van der Waals surface area contributed by atoms with Gasteiger partial charge in [0.25, 0.3) is 5.69 Å². The van der Waals surface area contributed by atoms with Gasteiger partial charge in [-0.2, -0.15) is 0 Å². The second-order valence-corrected chi connectivity index (χ2v) is 4.68. The first-order chi connectivity index (χ1) is 9.63. The predicted molar refractivity (Wildman–Crippen MR) is 72.5 cm³/mol. The molecule has 0 spiro atoms. The lowest BCUT2D eigenvalue weighted by molar-refractivity contribution is -0.785. The Labute approximate surface area is 117 Å². The van der Waals surface area contributed by atoms with Crippen LogP contribution in [0.3, 0.4) is 0 Å². The topological polar surface area (TPSA) is 77.4 Å². The molecule has 0 unspecified atom stereocenters. The first kappa shape index (κ1) is 14.2. The molecule has 1 aromatic heterocycles. The molecule has 0 atom stereocenters. The highest BCUT2D eigenvalue weighted by Gasteiger charge is 2.25. The van der Waals surface area contributed by atoms with Gasteiger partial charge in [0.05, 0.1) is 6.54 Å². The van der Waals surface area contributed by atoms with E-state index in [0.29, 0.717) is 12.1 Å². The number of hydrogen-bond donors (Lipinski definition) is 1. The van der Waals surface area contributed by atoms with Crippen LogP contribution in [0.1, 0.15) is 31.1 Å². The van der Waals surface area contributed by atoms with E-state index in [-0.39, 0.29) is 17.8 Å². The van der Waals surface area contributed by atoms with Crippen molar-refractivity contribution in [1.82, 2.24) is 10.6 Å². The third-order valence-electron chi connectivity index (χ3n) is 2.80. The van der Waals surface area contributed by atoms with Gasteiger partial charge < -0.3 is 10.4 Å². The highest BCUT2D eigenvalue weighted by Crippen LogP contribution is 2.17. The summed E-state index contributed by atoms with van der Waals surface area (Å²) in [4.78, 5) is 4.02. The summed E-state index contributed by atoms with van der Waals surface area (Å²) in [6.07, 6.45) is 0. The third-order valence-corrected chi connectivity index (χ3v) is 2.80. The second kappa shape index (κ2) is 6.29. The normalized spacial score (nSPS) is 12.1. The maximum Gasteiger partial charge on any atom is 0.325 e. The number of aliphatic imine (C=N–C) groups is 1. The maximum atomic E-state index is 12.1. The minimum absolute atomic E-state index is 0.137. The number of hydrogen-bond acceptors (Lipinski definition) is 5.